The topological polar surface area (TPSA) is 58.9 Å². The zero-order valence-electron chi connectivity index (χ0n) is 12.8. The van der Waals surface area contributed by atoms with Crippen molar-refractivity contribution in [1.29, 1.82) is 0 Å². The predicted octanol–water partition coefficient (Wildman–Crippen LogP) is 3.84. The summed E-state index contributed by atoms with van der Waals surface area (Å²) in [6.45, 7) is 3.31. The van der Waals surface area contributed by atoms with Gasteiger partial charge in [-0.15, -0.1) is 0 Å². The fourth-order valence-corrected chi connectivity index (χ4v) is 4.30. The number of ether oxygens (including phenoxy) is 2. The third kappa shape index (κ3) is 2.23. The van der Waals surface area contributed by atoms with Crippen LogP contribution in [0.25, 0.3) is 0 Å². The first-order valence-electron chi connectivity index (χ1n) is 7.72. The summed E-state index contributed by atoms with van der Waals surface area (Å²) in [7, 11) is 0. The molecule has 2 aromatic carbocycles. The predicted molar refractivity (Wildman–Crippen MR) is 86.8 cm³/mol. The molecule has 2 N–H and O–H groups in total. The highest BCUT2D eigenvalue weighted by molar-refractivity contribution is 7.99. The lowest BCUT2D eigenvalue weighted by molar-refractivity contribution is -0.210. The van der Waals surface area contributed by atoms with E-state index >= 15 is 0 Å². The summed E-state index contributed by atoms with van der Waals surface area (Å²) in [6.07, 6.45) is 0.927. The Morgan fingerprint density at radius 2 is 1.91 bits per heavy atom. The first kappa shape index (κ1) is 14.9. The maximum atomic E-state index is 10.3. The first-order chi connectivity index (χ1) is 11.1. The molecule has 23 heavy (non-hydrogen) atoms. The minimum Gasteiger partial charge on any atom is -0.504 e. The summed E-state index contributed by atoms with van der Waals surface area (Å²) in [5, 5.41) is 20.2. The molecule has 0 radical (unpaired) electrons. The number of hydrogen-bond acceptors (Lipinski definition) is 5. The molecule has 5 heteroatoms. The smallest absolute Gasteiger partial charge is 0.224 e. The van der Waals surface area contributed by atoms with Crippen molar-refractivity contribution in [2.45, 2.75) is 28.9 Å². The normalized spacial score (nSPS) is 26.4. The minimum atomic E-state index is -1.02. The lowest BCUT2D eigenvalue weighted by Gasteiger charge is -2.39. The Bertz CT molecular complexity index is 761. The molecule has 1 spiro atoms. The molecule has 2 unspecified atom stereocenters. The van der Waals surface area contributed by atoms with Crippen molar-refractivity contribution in [2.75, 3.05) is 13.2 Å². The Morgan fingerprint density at radius 1 is 1.09 bits per heavy atom. The molecule has 2 aromatic rings. The highest BCUT2D eigenvalue weighted by Gasteiger charge is 2.46. The van der Waals surface area contributed by atoms with Gasteiger partial charge >= 0.3 is 0 Å². The van der Waals surface area contributed by atoms with Crippen LogP contribution in [-0.4, -0.2) is 23.4 Å². The number of rotatable bonds is 0. The molecule has 0 aliphatic carbocycles. The molecule has 1 saturated heterocycles. The van der Waals surface area contributed by atoms with Crippen LogP contribution < -0.4 is 0 Å². The molecule has 1 fully saturated rings. The van der Waals surface area contributed by atoms with Crippen molar-refractivity contribution in [3.05, 3.63) is 47.5 Å². The van der Waals surface area contributed by atoms with Gasteiger partial charge in [0.2, 0.25) is 5.79 Å². The van der Waals surface area contributed by atoms with E-state index < -0.39 is 5.79 Å². The number of benzene rings is 2. The van der Waals surface area contributed by atoms with Crippen molar-refractivity contribution in [3.8, 4) is 11.5 Å². The van der Waals surface area contributed by atoms with Crippen LogP contribution in [0, 0.1) is 5.92 Å². The number of phenolic OH excluding ortho intramolecular Hbond substituents is 2. The number of phenols is 2. The van der Waals surface area contributed by atoms with Gasteiger partial charge in [0.1, 0.15) is 0 Å². The third-order valence-electron chi connectivity index (χ3n) is 4.41. The van der Waals surface area contributed by atoms with E-state index in [9.17, 15) is 10.2 Å². The molecular weight excluding hydrogens is 312 g/mol. The molecule has 0 aromatic heterocycles. The molecule has 2 heterocycles. The zero-order chi connectivity index (χ0) is 16.0. The van der Waals surface area contributed by atoms with Crippen LogP contribution in [0.5, 0.6) is 11.5 Å². The monoisotopic (exact) mass is 330 g/mol. The van der Waals surface area contributed by atoms with Crippen LogP contribution >= 0.6 is 11.8 Å². The zero-order valence-corrected chi connectivity index (χ0v) is 13.6. The fraction of sp³-hybridized carbons (Fsp3) is 0.333. The van der Waals surface area contributed by atoms with E-state index in [1.54, 1.807) is 6.07 Å². The van der Waals surface area contributed by atoms with Crippen LogP contribution in [0.15, 0.2) is 46.2 Å². The Morgan fingerprint density at radius 3 is 2.78 bits per heavy atom. The van der Waals surface area contributed by atoms with Gasteiger partial charge in [-0.3, -0.25) is 0 Å². The van der Waals surface area contributed by atoms with Gasteiger partial charge in [-0.2, -0.15) is 0 Å². The van der Waals surface area contributed by atoms with E-state index in [4.69, 9.17) is 9.47 Å². The summed E-state index contributed by atoms with van der Waals surface area (Å²) in [4.78, 5) is 1.56. The average Bonchev–Trinajstić information content (AvgIpc) is 2.75. The van der Waals surface area contributed by atoms with Crippen molar-refractivity contribution < 1.29 is 19.7 Å². The second-order valence-electron chi connectivity index (χ2n) is 6.08. The lowest BCUT2D eigenvalue weighted by Crippen LogP contribution is -2.37. The number of aromatic hydroxyl groups is 2. The summed E-state index contributed by atoms with van der Waals surface area (Å²) in [6, 6.07) is 11.2. The lowest BCUT2D eigenvalue weighted by atomic mass is 9.95. The fourth-order valence-electron chi connectivity index (χ4n) is 3.11. The van der Waals surface area contributed by atoms with Crippen molar-refractivity contribution in [1.82, 2.24) is 0 Å². The van der Waals surface area contributed by atoms with Crippen LogP contribution in [0.2, 0.25) is 0 Å². The molecule has 4 nitrogen and oxygen atoms in total. The number of hydrogen-bond donors (Lipinski definition) is 2. The van der Waals surface area contributed by atoms with E-state index in [2.05, 4.69) is 6.92 Å². The van der Waals surface area contributed by atoms with E-state index in [0.29, 0.717) is 24.0 Å². The van der Waals surface area contributed by atoms with Crippen molar-refractivity contribution in [3.63, 3.8) is 0 Å². The van der Waals surface area contributed by atoms with E-state index in [0.717, 1.165) is 22.4 Å². The van der Waals surface area contributed by atoms with Crippen molar-refractivity contribution >= 4 is 11.8 Å². The molecule has 2 atom stereocenters. The second-order valence-corrected chi connectivity index (χ2v) is 7.13. The second kappa shape index (κ2) is 5.44. The van der Waals surface area contributed by atoms with Gasteiger partial charge in [0.05, 0.1) is 18.1 Å². The minimum absolute atomic E-state index is 0.120. The van der Waals surface area contributed by atoms with Gasteiger partial charge in [-0.1, -0.05) is 36.9 Å². The molecule has 0 amide bonds. The van der Waals surface area contributed by atoms with E-state index in [1.807, 2.05) is 24.3 Å². The van der Waals surface area contributed by atoms with Crippen LogP contribution in [0.1, 0.15) is 24.5 Å². The summed E-state index contributed by atoms with van der Waals surface area (Å²) in [5.41, 5.74) is 1.71. The Kier molecular flexibility index (Phi) is 3.52. The van der Waals surface area contributed by atoms with E-state index in [1.165, 1.54) is 17.8 Å². The van der Waals surface area contributed by atoms with E-state index in [-0.39, 0.29) is 11.5 Å². The maximum Gasteiger partial charge on any atom is 0.224 e. The average molecular weight is 330 g/mol. The highest BCUT2D eigenvalue weighted by atomic mass is 32.2. The van der Waals surface area contributed by atoms with Gasteiger partial charge in [-0.25, -0.2) is 0 Å². The highest BCUT2D eigenvalue weighted by Crippen LogP contribution is 2.55. The van der Waals surface area contributed by atoms with Crippen LogP contribution in [0.3, 0.4) is 0 Å². The van der Waals surface area contributed by atoms with Crippen LogP contribution in [-0.2, 0) is 15.3 Å². The maximum absolute atomic E-state index is 10.3. The molecule has 2 aliphatic rings. The Balaban J connectivity index is 1.96. The molecule has 0 saturated carbocycles. The Hall–Kier alpha value is -1.69. The summed E-state index contributed by atoms with van der Waals surface area (Å²) in [5.74, 6) is -0.864. The van der Waals surface area contributed by atoms with Gasteiger partial charge in [0.25, 0.3) is 0 Å². The largest absolute Gasteiger partial charge is 0.504 e. The van der Waals surface area contributed by atoms with Crippen LogP contribution in [0.4, 0.5) is 0 Å². The molecule has 120 valence electrons. The summed E-state index contributed by atoms with van der Waals surface area (Å²) < 4.78 is 12.5. The van der Waals surface area contributed by atoms with Gasteiger partial charge in [0.15, 0.2) is 11.5 Å². The Labute approximate surface area is 139 Å². The van der Waals surface area contributed by atoms with Gasteiger partial charge in [0, 0.05) is 16.0 Å². The molecular formula is C18H18O4S. The van der Waals surface area contributed by atoms with Gasteiger partial charge in [-0.05, 0) is 30.5 Å². The summed E-state index contributed by atoms with van der Waals surface area (Å²) >= 11 is 1.43. The number of fused-ring (bicyclic) bond motifs is 4. The first-order valence-corrected chi connectivity index (χ1v) is 8.54. The molecule has 0 bridgehead atoms. The van der Waals surface area contributed by atoms with Crippen molar-refractivity contribution in [2.24, 2.45) is 5.92 Å². The standard InChI is InChI=1S/C18H18O4S/c1-11-8-9-21-18(22-10-11)12-4-2-3-5-15(12)23-17-13(18)6-7-14(19)16(17)20/h2-7,11,19-20H,8-10H2,1H3. The molecule has 2 aliphatic heterocycles. The van der Waals surface area contributed by atoms with Gasteiger partial charge < -0.3 is 19.7 Å². The quantitative estimate of drug-likeness (QED) is 0.719. The molecule has 4 rings (SSSR count). The SMILES string of the molecule is CC1CCOC2(OC1)c1ccccc1Sc1c2ccc(O)c1O. The third-order valence-corrected chi connectivity index (χ3v) is 5.60.